The molecule has 0 bridgehead atoms. The smallest absolute Gasteiger partial charge is 0.249 e. The number of likely N-dealkylation sites (tertiary alicyclic amines) is 1. The molecule has 0 saturated carbocycles. The van der Waals surface area contributed by atoms with Gasteiger partial charge in [-0.1, -0.05) is 6.92 Å². The Bertz CT molecular complexity index is 277. The Balaban J connectivity index is 2.01. The van der Waals surface area contributed by atoms with Gasteiger partial charge in [0.15, 0.2) is 0 Å². The summed E-state index contributed by atoms with van der Waals surface area (Å²) in [6.07, 6.45) is 1.16. The summed E-state index contributed by atoms with van der Waals surface area (Å²) in [7, 11) is 0. The lowest BCUT2D eigenvalue weighted by Gasteiger charge is -2.24. The molecule has 0 aromatic rings. The molecule has 2 rings (SSSR count). The van der Waals surface area contributed by atoms with Gasteiger partial charge >= 0.3 is 0 Å². The van der Waals surface area contributed by atoms with Gasteiger partial charge in [-0.2, -0.15) is 0 Å². The second kappa shape index (κ2) is 3.73. The Morgan fingerprint density at radius 1 is 1.50 bits per heavy atom. The van der Waals surface area contributed by atoms with Gasteiger partial charge in [0.05, 0.1) is 0 Å². The third kappa shape index (κ3) is 1.69. The van der Waals surface area contributed by atoms with E-state index < -0.39 is 0 Å². The minimum Gasteiger partial charge on any atom is -0.339 e. The lowest BCUT2D eigenvalue weighted by atomic mass is 10.0. The molecular weight excluding hydrogens is 176 g/mol. The van der Waals surface area contributed by atoms with Crippen LogP contribution >= 0.6 is 0 Å². The average Bonchev–Trinajstić information content (AvgIpc) is 2.47. The summed E-state index contributed by atoms with van der Waals surface area (Å²) in [5.74, 6) is 0.933. The summed E-state index contributed by atoms with van der Waals surface area (Å²) in [5.41, 5.74) is 2.26. The number of carbonyl (C=O) groups is 1. The van der Waals surface area contributed by atoms with E-state index in [1.165, 1.54) is 5.57 Å². The zero-order valence-electron chi connectivity index (χ0n) is 8.97. The number of rotatable bonds is 1. The molecule has 1 amide bonds. The van der Waals surface area contributed by atoms with Crippen LogP contribution in [0.5, 0.6) is 0 Å². The molecule has 1 unspecified atom stereocenters. The first-order chi connectivity index (χ1) is 6.68. The molecule has 1 atom stereocenters. The summed E-state index contributed by atoms with van der Waals surface area (Å²) in [6, 6.07) is 0. The van der Waals surface area contributed by atoms with Crippen LogP contribution < -0.4 is 5.32 Å². The van der Waals surface area contributed by atoms with Crippen molar-refractivity contribution in [2.75, 3.05) is 26.2 Å². The number of nitrogens with zero attached hydrogens (tertiary/aromatic N) is 1. The molecule has 1 N–H and O–H groups in total. The first kappa shape index (κ1) is 9.71. The highest BCUT2D eigenvalue weighted by Gasteiger charge is 2.26. The maximum Gasteiger partial charge on any atom is 0.249 e. The fraction of sp³-hybridized carbons (Fsp3) is 0.727. The molecule has 3 heteroatoms. The van der Waals surface area contributed by atoms with Crippen LogP contribution in [0.15, 0.2) is 11.1 Å². The maximum absolute atomic E-state index is 12.0. The number of nitrogens with one attached hydrogen (secondary N) is 1. The van der Waals surface area contributed by atoms with Crippen molar-refractivity contribution in [1.82, 2.24) is 10.2 Å². The van der Waals surface area contributed by atoms with Gasteiger partial charge in [-0.3, -0.25) is 4.79 Å². The SMILES string of the molecule is CC(C(=O)N1CCC(C)C1)=C1CNC1. The summed E-state index contributed by atoms with van der Waals surface area (Å²) in [5, 5.41) is 3.17. The highest BCUT2D eigenvalue weighted by Crippen LogP contribution is 2.19. The van der Waals surface area contributed by atoms with E-state index in [1.807, 2.05) is 11.8 Å². The maximum atomic E-state index is 12.0. The van der Waals surface area contributed by atoms with Crippen LogP contribution in [0.2, 0.25) is 0 Å². The normalized spacial score (nSPS) is 26.3. The first-order valence-electron chi connectivity index (χ1n) is 5.37. The monoisotopic (exact) mass is 194 g/mol. The Morgan fingerprint density at radius 2 is 2.21 bits per heavy atom. The van der Waals surface area contributed by atoms with E-state index in [-0.39, 0.29) is 5.91 Å². The van der Waals surface area contributed by atoms with Gasteiger partial charge in [0.25, 0.3) is 0 Å². The lowest BCUT2D eigenvalue weighted by molar-refractivity contribution is -0.126. The second-order valence-corrected chi connectivity index (χ2v) is 4.48. The van der Waals surface area contributed by atoms with Crippen LogP contribution in [0, 0.1) is 5.92 Å². The zero-order valence-corrected chi connectivity index (χ0v) is 8.97. The third-order valence-electron chi connectivity index (χ3n) is 3.24. The molecule has 3 nitrogen and oxygen atoms in total. The molecule has 2 saturated heterocycles. The van der Waals surface area contributed by atoms with Gasteiger partial charge in [0.2, 0.25) is 5.91 Å². The molecule has 2 aliphatic heterocycles. The van der Waals surface area contributed by atoms with Gasteiger partial charge in [-0.15, -0.1) is 0 Å². The molecule has 0 aromatic heterocycles. The van der Waals surface area contributed by atoms with E-state index in [9.17, 15) is 4.79 Å². The van der Waals surface area contributed by atoms with Crippen molar-refractivity contribution in [3.63, 3.8) is 0 Å². The van der Waals surface area contributed by atoms with Gasteiger partial charge in [0, 0.05) is 31.8 Å². The highest BCUT2D eigenvalue weighted by molar-refractivity contribution is 5.94. The van der Waals surface area contributed by atoms with E-state index in [1.54, 1.807) is 0 Å². The quantitative estimate of drug-likeness (QED) is 0.625. The largest absolute Gasteiger partial charge is 0.339 e. The molecule has 2 fully saturated rings. The molecule has 0 aromatic carbocycles. The molecule has 0 spiro atoms. The minimum absolute atomic E-state index is 0.255. The third-order valence-corrected chi connectivity index (χ3v) is 3.24. The van der Waals surface area contributed by atoms with Crippen LogP contribution in [0.1, 0.15) is 20.3 Å². The van der Waals surface area contributed by atoms with Crippen molar-refractivity contribution < 1.29 is 4.79 Å². The summed E-state index contributed by atoms with van der Waals surface area (Å²) < 4.78 is 0. The van der Waals surface area contributed by atoms with Crippen LogP contribution in [-0.2, 0) is 4.79 Å². The lowest BCUT2D eigenvalue weighted by Crippen LogP contribution is -2.38. The number of carbonyl (C=O) groups excluding carboxylic acids is 1. The van der Waals surface area contributed by atoms with Crippen molar-refractivity contribution in [1.29, 1.82) is 0 Å². The predicted octanol–water partition coefficient (Wildman–Crippen LogP) is 0.774. The Hall–Kier alpha value is -0.830. The van der Waals surface area contributed by atoms with E-state index in [4.69, 9.17) is 0 Å². The van der Waals surface area contributed by atoms with Crippen LogP contribution in [0.25, 0.3) is 0 Å². The van der Waals surface area contributed by atoms with Crippen LogP contribution in [0.3, 0.4) is 0 Å². The van der Waals surface area contributed by atoms with Gasteiger partial charge in [0.1, 0.15) is 0 Å². The first-order valence-corrected chi connectivity index (χ1v) is 5.37. The molecule has 2 aliphatic rings. The summed E-state index contributed by atoms with van der Waals surface area (Å²) in [6.45, 7) is 7.86. The molecular formula is C11H18N2O. The van der Waals surface area contributed by atoms with Gasteiger partial charge < -0.3 is 10.2 Å². The van der Waals surface area contributed by atoms with Crippen molar-refractivity contribution in [2.45, 2.75) is 20.3 Å². The van der Waals surface area contributed by atoms with Crippen molar-refractivity contribution >= 4 is 5.91 Å². The molecule has 2 heterocycles. The Kier molecular flexibility index (Phi) is 2.59. The van der Waals surface area contributed by atoms with E-state index in [0.717, 1.165) is 38.2 Å². The number of hydrogen-bond donors (Lipinski definition) is 1. The van der Waals surface area contributed by atoms with Crippen LogP contribution in [-0.4, -0.2) is 37.0 Å². The Morgan fingerprint density at radius 3 is 2.64 bits per heavy atom. The number of hydrogen-bond acceptors (Lipinski definition) is 2. The van der Waals surface area contributed by atoms with E-state index >= 15 is 0 Å². The number of amides is 1. The summed E-state index contributed by atoms with van der Waals surface area (Å²) in [4.78, 5) is 14.0. The average molecular weight is 194 g/mol. The molecule has 0 aliphatic carbocycles. The van der Waals surface area contributed by atoms with E-state index in [0.29, 0.717) is 5.92 Å². The topological polar surface area (TPSA) is 32.3 Å². The highest BCUT2D eigenvalue weighted by atomic mass is 16.2. The fourth-order valence-electron chi connectivity index (χ4n) is 2.02. The van der Waals surface area contributed by atoms with Crippen molar-refractivity contribution in [3.8, 4) is 0 Å². The standard InChI is InChI=1S/C11H18N2O/c1-8-3-4-13(7-8)11(14)9(2)10-5-12-6-10/h8,12H,3-7H2,1-2H3. The van der Waals surface area contributed by atoms with Crippen molar-refractivity contribution in [2.24, 2.45) is 5.92 Å². The van der Waals surface area contributed by atoms with Crippen molar-refractivity contribution in [3.05, 3.63) is 11.1 Å². The zero-order chi connectivity index (χ0) is 10.1. The molecule has 14 heavy (non-hydrogen) atoms. The van der Waals surface area contributed by atoms with Gasteiger partial charge in [-0.05, 0) is 24.8 Å². The molecule has 78 valence electrons. The van der Waals surface area contributed by atoms with Gasteiger partial charge in [-0.25, -0.2) is 0 Å². The fourth-order valence-corrected chi connectivity index (χ4v) is 2.02. The second-order valence-electron chi connectivity index (χ2n) is 4.48. The predicted molar refractivity (Wildman–Crippen MR) is 55.9 cm³/mol. The van der Waals surface area contributed by atoms with E-state index in [2.05, 4.69) is 12.2 Å². The molecule has 0 radical (unpaired) electrons. The summed E-state index contributed by atoms with van der Waals surface area (Å²) >= 11 is 0. The Labute approximate surface area is 85.2 Å². The van der Waals surface area contributed by atoms with Crippen LogP contribution in [0.4, 0.5) is 0 Å². The minimum atomic E-state index is 0.255.